The number of ether oxygens (including phenoxy) is 1. The molecule has 0 atom stereocenters. The summed E-state index contributed by atoms with van der Waals surface area (Å²) in [6, 6.07) is 16.2. The van der Waals surface area contributed by atoms with Gasteiger partial charge >= 0.3 is 0 Å². The van der Waals surface area contributed by atoms with E-state index >= 15 is 0 Å². The molecule has 2 aromatic rings. The fraction of sp³-hybridized carbons (Fsp3) is 0.294. The molecule has 0 heterocycles. The minimum Gasteiger partial charge on any atom is -0.494 e. The fourth-order valence-electron chi connectivity index (χ4n) is 2.07. The molecule has 3 heteroatoms. The average molecular weight is 270 g/mol. The number of aryl methyl sites for hydroxylation is 1. The minimum absolute atomic E-state index is 0.714. The van der Waals surface area contributed by atoms with E-state index in [2.05, 4.69) is 23.1 Å². The van der Waals surface area contributed by atoms with Gasteiger partial charge in [0, 0.05) is 31.5 Å². The van der Waals surface area contributed by atoms with Gasteiger partial charge in [-0.05, 0) is 42.7 Å². The quantitative estimate of drug-likeness (QED) is 0.646. The van der Waals surface area contributed by atoms with Crippen LogP contribution in [-0.4, -0.2) is 20.7 Å². The van der Waals surface area contributed by atoms with Crippen LogP contribution in [0.3, 0.4) is 0 Å². The van der Waals surface area contributed by atoms with Gasteiger partial charge in [-0.15, -0.1) is 0 Å². The van der Waals surface area contributed by atoms with Crippen LogP contribution in [0.4, 0.5) is 11.4 Å². The summed E-state index contributed by atoms with van der Waals surface area (Å²) >= 11 is 0. The maximum absolute atomic E-state index is 5.79. The fourth-order valence-corrected chi connectivity index (χ4v) is 2.07. The van der Waals surface area contributed by atoms with Crippen molar-refractivity contribution in [2.45, 2.75) is 12.8 Å². The Kier molecular flexibility index (Phi) is 4.88. The Morgan fingerprint density at radius 3 is 2.60 bits per heavy atom. The van der Waals surface area contributed by atoms with Crippen LogP contribution >= 0.6 is 0 Å². The zero-order valence-electron chi connectivity index (χ0n) is 12.2. The van der Waals surface area contributed by atoms with Crippen LogP contribution in [0.1, 0.15) is 12.0 Å². The van der Waals surface area contributed by atoms with Gasteiger partial charge in [0.2, 0.25) is 0 Å². The Morgan fingerprint density at radius 2 is 1.85 bits per heavy atom. The number of hydrogen-bond donors (Lipinski definition) is 1. The Labute approximate surface area is 121 Å². The Balaban J connectivity index is 1.80. The summed E-state index contributed by atoms with van der Waals surface area (Å²) in [6.45, 7) is 0.714. The highest BCUT2D eigenvalue weighted by Crippen LogP contribution is 2.19. The largest absolute Gasteiger partial charge is 0.494 e. The number of rotatable bonds is 6. The van der Waals surface area contributed by atoms with Crippen LogP contribution in [0.5, 0.6) is 5.75 Å². The normalized spacial score (nSPS) is 10.3. The molecule has 0 aromatic heterocycles. The van der Waals surface area contributed by atoms with Crippen molar-refractivity contribution in [3.63, 3.8) is 0 Å². The van der Waals surface area contributed by atoms with E-state index in [1.807, 2.05) is 44.4 Å². The highest BCUT2D eigenvalue weighted by Gasteiger charge is 1.99. The van der Waals surface area contributed by atoms with E-state index in [9.17, 15) is 0 Å². The van der Waals surface area contributed by atoms with Crippen LogP contribution < -0.4 is 15.4 Å². The topological polar surface area (TPSA) is 38.5 Å². The number of nitrogen functional groups attached to an aromatic ring is 1. The van der Waals surface area contributed by atoms with Gasteiger partial charge < -0.3 is 15.4 Å². The van der Waals surface area contributed by atoms with Crippen molar-refractivity contribution < 1.29 is 4.74 Å². The number of hydrogen-bond acceptors (Lipinski definition) is 3. The van der Waals surface area contributed by atoms with Crippen LogP contribution in [0, 0.1) is 0 Å². The van der Waals surface area contributed by atoms with Crippen molar-refractivity contribution in [2.75, 3.05) is 31.3 Å². The van der Waals surface area contributed by atoms with Crippen LogP contribution in [-0.2, 0) is 6.42 Å². The first kappa shape index (κ1) is 14.3. The van der Waals surface area contributed by atoms with E-state index in [1.165, 1.54) is 5.56 Å². The lowest BCUT2D eigenvalue weighted by molar-refractivity contribution is 0.311. The van der Waals surface area contributed by atoms with Gasteiger partial charge in [0.1, 0.15) is 5.75 Å². The summed E-state index contributed by atoms with van der Waals surface area (Å²) in [6.07, 6.45) is 1.97. The van der Waals surface area contributed by atoms with Gasteiger partial charge in [-0.2, -0.15) is 0 Å². The van der Waals surface area contributed by atoms with Gasteiger partial charge in [-0.1, -0.05) is 18.2 Å². The van der Waals surface area contributed by atoms with Crippen LogP contribution in [0.25, 0.3) is 0 Å². The molecule has 20 heavy (non-hydrogen) atoms. The van der Waals surface area contributed by atoms with Crippen molar-refractivity contribution in [1.29, 1.82) is 0 Å². The van der Waals surface area contributed by atoms with Crippen molar-refractivity contribution in [3.05, 3.63) is 54.1 Å². The molecule has 0 saturated heterocycles. The van der Waals surface area contributed by atoms with E-state index < -0.39 is 0 Å². The van der Waals surface area contributed by atoms with Crippen LogP contribution in [0.15, 0.2) is 48.5 Å². The first-order chi connectivity index (χ1) is 9.65. The Morgan fingerprint density at radius 1 is 1.05 bits per heavy atom. The SMILES string of the molecule is CN(C)c1cccc(OCCCc2cccc(N)c2)c1. The minimum atomic E-state index is 0.714. The molecule has 0 aliphatic carbocycles. The highest BCUT2D eigenvalue weighted by atomic mass is 16.5. The molecule has 0 fully saturated rings. The van der Waals surface area contributed by atoms with Crippen molar-refractivity contribution >= 4 is 11.4 Å². The molecule has 2 rings (SSSR count). The number of anilines is 2. The zero-order valence-corrected chi connectivity index (χ0v) is 12.2. The second-order valence-corrected chi connectivity index (χ2v) is 5.09. The molecule has 0 aliphatic rings. The van der Waals surface area contributed by atoms with Crippen molar-refractivity contribution in [1.82, 2.24) is 0 Å². The average Bonchev–Trinajstić information content (AvgIpc) is 2.44. The maximum Gasteiger partial charge on any atom is 0.121 e. The molecule has 2 N–H and O–H groups in total. The second-order valence-electron chi connectivity index (χ2n) is 5.09. The highest BCUT2D eigenvalue weighted by molar-refractivity contribution is 5.49. The van der Waals surface area contributed by atoms with E-state index in [-0.39, 0.29) is 0 Å². The monoisotopic (exact) mass is 270 g/mol. The second kappa shape index (κ2) is 6.85. The zero-order chi connectivity index (χ0) is 14.4. The smallest absolute Gasteiger partial charge is 0.121 e. The van der Waals surface area contributed by atoms with Crippen molar-refractivity contribution in [3.8, 4) is 5.75 Å². The maximum atomic E-state index is 5.79. The Hall–Kier alpha value is -2.16. The predicted octanol–water partition coefficient (Wildman–Crippen LogP) is 3.35. The molecule has 0 unspecified atom stereocenters. The molecule has 3 nitrogen and oxygen atoms in total. The molecule has 0 bridgehead atoms. The summed E-state index contributed by atoms with van der Waals surface area (Å²) in [7, 11) is 4.05. The Bertz CT molecular complexity index is 552. The van der Waals surface area contributed by atoms with Gasteiger partial charge in [0.25, 0.3) is 0 Å². The molecule has 0 radical (unpaired) electrons. The molecular weight excluding hydrogens is 248 g/mol. The molecule has 0 aliphatic heterocycles. The third kappa shape index (κ3) is 4.19. The summed E-state index contributed by atoms with van der Waals surface area (Å²) in [5, 5.41) is 0. The van der Waals surface area contributed by atoms with Gasteiger partial charge in [0.15, 0.2) is 0 Å². The van der Waals surface area contributed by atoms with Crippen molar-refractivity contribution in [2.24, 2.45) is 0 Å². The molecule has 0 spiro atoms. The van der Waals surface area contributed by atoms with Gasteiger partial charge in [-0.3, -0.25) is 0 Å². The first-order valence-electron chi connectivity index (χ1n) is 6.90. The third-order valence-corrected chi connectivity index (χ3v) is 3.16. The number of nitrogens with two attached hydrogens (primary N) is 1. The lowest BCUT2D eigenvalue weighted by atomic mass is 10.1. The molecule has 0 saturated carbocycles. The summed E-state index contributed by atoms with van der Waals surface area (Å²) in [4.78, 5) is 2.07. The van der Waals surface area contributed by atoms with Gasteiger partial charge in [0.05, 0.1) is 6.61 Å². The number of nitrogens with zero attached hydrogens (tertiary/aromatic N) is 1. The van der Waals surface area contributed by atoms with E-state index in [0.29, 0.717) is 6.61 Å². The summed E-state index contributed by atoms with van der Waals surface area (Å²) in [5.41, 5.74) is 9.00. The molecule has 106 valence electrons. The van der Waals surface area contributed by atoms with Gasteiger partial charge in [-0.25, -0.2) is 0 Å². The summed E-state index contributed by atoms with van der Waals surface area (Å²) in [5.74, 6) is 0.920. The standard InChI is InChI=1S/C17H22N2O/c1-19(2)16-9-4-10-17(13-16)20-11-5-7-14-6-3-8-15(18)12-14/h3-4,6,8-10,12-13H,5,7,11,18H2,1-2H3. The molecule has 0 amide bonds. The molecular formula is C17H22N2O. The van der Waals surface area contributed by atoms with E-state index in [0.717, 1.165) is 30.0 Å². The lowest BCUT2D eigenvalue weighted by Gasteiger charge is -2.14. The predicted molar refractivity (Wildman–Crippen MR) is 85.4 cm³/mol. The lowest BCUT2D eigenvalue weighted by Crippen LogP contribution is -2.08. The van der Waals surface area contributed by atoms with Crippen LogP contribution in [0.2, 0.25) is 0 Å². The first-order valence-corrected chi connectivity index (χ1v) is 6.90. The summed E-state index contributed by atoms with van der Waals surface area (Å²) < 4.78 is 5.79. The third-order valence-electron chi connectivity index (χ3n) is 3.16. The van der Waals surface area contributed by atoms with E-state index in [1.54, 1.807) is 0 Å². The molecule has 2 aromatic carbocycles. The van der Waals surface area contributed by atoms with E-state index in [4.69, 9.17) is 10.5 Å². The number of benzene rings is 2.